The third kappa shape index (κ3) is 4.47. The van der Waals surface area contributed by atoms with Crippen molar-refractivity contribution in [2.45, 2.75) is 65.5 Å². The van der Waals surface area contributed by atoms with E-state index >= 15 is 0 Å². The number of nitrogens with zero attached hydrogens (tertiary/aromatic N) is 1. The summed E-state index contributed by atoms with van der Waals surface area (Å²) in [4.78, 5) is 2.48. The van der Waals surface area contributed by atoms with E-state index in [1.165, 1.54) is 43.4 Å². The Morgan fingerprint density at radius 3 is 2.48 bits per heavy atom. The minimum Gasteiger partial charge on any atom is -0.382 e. The average Bonchev–Trinajstić information content (AvgIpc) is 2.54. The zero-order chi connectivity index (χ0) is 15.1. The summed E-state index contributed by atoms with van der Waals surface area (Å²) in [5, 5.41) is 3.88. The molecular formula is C19H32N2. The first-order chi connectivity index (χ1) is 10.3. The van der Waals surface area contributed by atoms with Crippen LogP contribution in [0.25, 0.3) is 0 Å². The molecule has 2 nitrogen and oxygen atoms in total. The Bertz CT molecular complexity index is 412. The van der Waals surface area contributed by atoms with E-state index in [2.05, 4.69) is 55.3 Å². The van der Waals surface area contributed by atoms with Gasteiger partial charge in [-0.15, -0.1) is 0 Å². The first kappa shape index (κ1) is 16.4. The van der Waals surface area contributed by atoms with E-state index in [0.29, 0.717) is 6.04 Å². The summed E-state index contributed by atoms with van der Waals surface area (Å²) in [5.74, 6) is 0.847. The molecular weight excluding hydrogens is 256 g/mol. The van der Waals surface area contributed by atoms with Gasteiger partial charge in [-0.2, -0.15) is 0 Å². The maximum atomic E-state index is 3.88. The molecule has 1 aromatic carbocycles. The molecule has 2 rings (SSSR count). The maximum Gasteiger partial charge on any atom is 0.0388 e. The maximum absolute atomic E-state index is 3.88. The van der Waals surface area contributed by atoms with Crippen molar-refractivity contribution in [1.29, 1.82) is 0 Å². The molecule has 0 bridgehead atoms. The molecule has 2 atom stereocenters. The van der Waals surface area contributed by atoms with Crippen LogP contribution in [0.2, 0.25) is 0 Å². The molecule has 0 aliphatic heterocycles. The molecule has 1 aromatic rings. The molecule has 21 heavy (non-hydrogen) atoms. The first-order valence-electron chi connectivity index (χ1n) is 8.85. The van der Waals surface area contributed by atoms with E-state index in [9.17, 15) is 0 Å². The quantitative estimate of drug-likeness (QED) is 0.767. The summed E-state index contributed by atoms with van der Waals surface area (Å²) < 4.78 is 0. The van der Waals surface area contributed by atoms with Crippen molar-refractivity contribution in [3.8, 4) is 0 Å². The van der Waals surface area contributed by atoms with E-state index in [1.807, 2.05) is 0 Å². The monoisotopic (exact) mass is 288 g/mol. The van der Waals surface area contributed by atoms with Crippen molar-refractivity contribution >= 4 is 5.69 Å². The lowest BCUT2D eigenvalue weighted by molar-refractivity contribution is 0.295. The molecule has 0 amide bonds. The molecule has 118 valence electrons. The van der Waals surface area contributed by atoms with Crippen molar-refractivity contribution in [3.63, 3.8) is 0 Å². The zero-order valence-corrected chi connectivity index (χ0v) is 14.1. The van der Waals surface area contributed by atoms with Gasteiger partial charge in [0.15, 0.2) is 0 Å². The first-order valence-corrected chi connectivity index (χ1v) is 8.85. The molecule has 2 unspecified atom stereocenters. The molecule has 1 aliphatic carbocycles. The molecule has 0 radical (unpaired) electrons. The van der Waals surface area contributed by atoms with E-state index in [4.69, 9.17) is 0 Å². The normalized spacial score (nSPS) is 22.5. The molecule has 1 saturated carbocycles. The van der Waals surface area contributed by atoms with Crippen LogP contribution in [0.3, 0.4) is 0 Å². The van der Waals surface area contributed by atoms with Crippen molar-refractivity contribution in [1.82, 2.24) is 4.90 Å². The number of hydrogen-bond donors (Lipinski definition) is 1. The Morgan fingerprint density at radius 2 is 1.76 bits per heavy atom. The lowest BCUT2D eigenvalue weighted by Crippen LogP contribution is -2.32. The van der Waals surface area contributed by atoms with Crippen molar-refractivity contribution in [3.05, 3.63) is 29.8 Å². The van der Waals surface area contributed by atoms with E-state index in [-0.39, 0.29) is 0 Å². The van der Waals surface area contributed by atoms with Crippen LogP contribution >= 0.6 is 0 Å². The van der Waals surface area contributed by atoms with Gasteiger partial charge in [-0.05, 0) is 43.5 Å². The van der Waals surface area contributed by atoms with Gasteiger partial charge in [-0.1, -0.05) is 58.2 Å². The molecule has 0 saturated heterocycles. The van der Waals surface area contributed by atoms with Crippen molar-refractivity contribution in [2.75, 3.05) is 18.4 Å². The smallest absolute Gasteiger partial charge is 0.0388 e. The lowest BCUT2D eigenvalue weighted by atomic mass is 9.82. The summed E-state index contributed by atoms with van der Waals surface area (Å²) >= 11 is 0. The van der Waals surface area contributed by atoms with Crippen LogP contribution in [-0.2, 0) is 6.54 Å². The molecule has 1 N–H and O–H groups in total. The fourth-order valence-corrected chi connectivity index (χ4v) is 3.57. The highest BCUT2D eigenvalue weighted by Crippen LogP contribution is 2.30. The Labute approximate surface area is 130 Å². The second-order valence-electron chi connectivity index (χ2n) is 6.32. The van der Waals surface area contributed by atoms with Crippen molar-refractivity contribution in [2.24, 2.45) is 5.92 Å². The Morgan fingerprint density at radius 1 is 1.05 bits per heavy atom. The van der Waals surface area contributed by atoms with Crippen LogP contribution in [0.15, 0.2) is 24.3 Å². The predicted molar refractivity (Wildman–Crippen MR) is 92.7 cm³/mol. The van der Waals surface area contributed by atoms with Crippen LogP contribution in [-0.4, -0.2) is 24.0 Å². The topological polar surface area (TPSA) is 15.3 Å². The van der Waals surface area contributed by atoms with Crippen LogP contribution < -0.4 is 5.32 Å². The van der Waals surface area contributed by atoms with Crippen LogP contribution in [0.4, 0.5) is 5.69 Å². The highest BCUT2D eigenvalue weighted by molar-refractivity contribution is 5.52. The van der Waals surface area contributed by atoms with Crippen LogP contribution in [0.5, 0.6) is 0 Å². The summed E-state index contributed by atoms with van der Waals surface area (Å²) in [6.45, 7) is 10.1. The minimum absolute atomic E-state index is 0.668. The number of anilines is 1. The molecule has 2 heteroatoms. The highest BCUT2D eigenvalue weighted by Gasteiger charge is 2.23. The number of rotatable bonds is 7. The average molecular weight is 288 g/mol. The van der Waals surface area contributed by atoms with E-state index < -0.39 is 0 Å². The molecule has 1 fully saturated rings. The summed E-state index contributed by atoms with van der Waals surface area (Å²) in [5.41, 5.74) is 2.80. The Hall–Kier alpha value is -1.02. The van der Waals surface area contributed by atoms with E-state index in [1.54, 1.807) is 0 Å². The Kier molecular flexibility index (Phi) is 6.56. The molecule has 0 aromatic heterocycles. The molecule has 0 heterocycles. The Balaban J connectivity index is 2.08. The minimum atomic E-state index is 0.668. The SMILES string of the molecule is CCC1CCCCC1Nc1ccccc1CN(CC)CC. The molecule has 0 spiro atoms. The summed E-state index contributed by atoms with van der Waals surface area (Å²) in [6, 6.07) is 9.55. The second kappa shape index (κ2) is 8.43. The largest absolute Gasteiger partial charge is 0.382 e. The number of hydrogen-bond acceptors (Lipinski definition) is 2. The van der Waals surface area contributed by atoms with Gasteiger partial charge < -0.3 is 5.32 Å². The zero-order valence-electron chi connectivity index (χ0n) is 14.1. The third-order valence-corrected chi connectivity index (χ3v) is 5.08. The number of para-hydroxylation sites is 1. The van der Waals surface area contributed by atoms with Gasteiger partial charge in [0.2, 0.25) is 0 Å². The van der Waals surface area contributed by atoms with Crippen LogP contribution in [0, 0.1) is 5.92 Å². The van der Waals surface area contributed by atoms with Gasteiger partial charge in [0.05, 0.1) is 0 Å². The lowest BCUT2D eigenvalue weighted by Gasteiger charge is -2.33. The number of nitrogens with one attached hydrogen (secondary N) is 1. The van der Waals surface area contributed by atoms with E-state index in [0.717, 1.165) is 25.6 Å². The predicted octanol–water partition coefficient (Wildman–Crippen LogP) is 4.91. The summed E-state index contributed by atoms with van der Waals surface area (Å²) in [7, 11) is 0. The fraction of sp³-hybridized carbons (Fsp3) is 0.684. The van der Waals surface area contributed by atoms with Crippen molar-refractivity contribution < 1.29 is 0 Å². The van der Waals surface area contributed by atoms with Gasteiger partial charge in [0.25, 0.3) is 0 Å². The summed E-state index contributed by atoms with van der Waals surface area (Å²) in [6.07, 6.45) is 6.82. The standard InChI is InChI=1S/C19H32N2/c1-4-16-11-7-9-13-18(16)20-19-14-10-8-12-17(19)15-21(5-2)6-3/h8,10,12,14,16,18,20H,4-7,9,11,13,15H2,1-3H3. The van der Waals surface area contributed by atoms with Crippen LogP contribution in [0.1, 0.15) is 58.4 Å². The fourth-order valence-electron chi connectivity index (χ4n) is 3.57. The van der Waals surface area contributed by atoms with Gasteiger partial charge in [0.1, 0.15) is 0 Å². The van der Waals surface area contributed by atoms with Gasteiger partial charge >= 0.3 is 0 Å². The van der Waals surface area contributed by atoms with Gasteiger partial charge in [-0.3, -0.25) is 4.90 Å². The second-order valence-corrected chi connectivity index (χ2v) is 6.32. The number of benzene rings is 1. The highest BCUT2D eigenvalue weighted by atomic mass is 15.1. The van der Waals surface area contributed by atoms with Gasteiger partial charge in [-0.25, -0.2) is 0 Å². The third-order valence-electron chi connectivity index (χ3n) is 5.08. The van der Waals surface area contributed by atoms with Gasteiger partial charge in [0, 0.05) is 18.3 Å². The molecule has 1 aliphatic rings.